The van der Waals surface area contributed by atoms with Crippen molar-refractivity contribution in [1.29, 1.82) is 0 Å². The van der Waals surface area contributed by atoms with Crippen LogP contribution in [0.15, 0.2) is 83.9 Å². The highest BCUT2D eigenvalue weighted by Gasteiger charge is 2.04. The zero-order chi connectivity index (χ0) is 15.5. The van der Waals surface area contributed by atoms with Crippen molar-refractivity contribution in [2.45, 2.75) is 6.54 Å². The van der Waals surface area contributed by atoms with E-state index < -0.39 is 0 Å². The van der Waals surface area contributed by atoms with Crippen molar-refractivity contribution in [1.82, 2.24) is 9.55 Å². The van der Waals surface area contributed by atoms with Crippen LogP contribution in [0.4, 0.5) is 0 Å². The summed E-state index contributed by atoms with van der Waals surface area (Å²) in [5.74, 6) is 0. The molecular formula is C20H16N2S. The molecule has 0 bridgehead atoms. The molecule has 0 saturated carbocycles. The Hall–Kier alpha value is -2.65. The van der Waals surface area contributed by atoms with Crippen LogP contribution in [0.25, 0.3) is 22.4 Å². The maximum absolute atomic E-state index is 4.51. The van der Waals surface area contributed by atoms with Gasteiger partial charge >= 0.3 is 0 Å². The van der Waals surface area contributed by atoms with Gasteiger partial charge < -0.3 is 4.57 Å². The molecule has 0 aliphatic heterocycles. The number of hydrogen-bond donors (Lipinski definition) is 0. The molecule has 0 radical (unpaired) electrons. The van der Waals surface area contributed by atoms with E-state index in [0.717, 1.165) is 12.2 Å². The van der Waals surface area contributed by atoms with E-state index in [1.165, 1.54) is 22.3 Å². The van der Waals surface area contributed by atoms with Gasteiger partial charge in [-0.25, -0.2) is 4.98 Å². The molecule has 0 fully saturated rings. The molecule has 0 saturated heterocycles. The standard InChI is InChI=1S/C20H16N2S/c1-2-6-17(7-3-1)18-8-4-5-16(11-18)12-22-13-20(21-15-22)19-9-10-23-14-19/h1-11,13-15H,12H2. The Morgan fingerprint density at radius 2 is 1.74 bits per heavy atom. The first-order valence-corrected chi connectivity index (χ1v) is 8.51. The molecule has 2 nitrogen and oxygen atoms in total. The van der Waals surface area contributed by atoms with E-state index in [-0.39, 0.29) is 0 Å². The zero-order valence-electron chi connectivity index (χ0n) is 12.6. The molecule has 0 aliphatic carbocycles. The largest absolute Gasteiger partial charge is 0.332 e. The van der Waals surface area contributed by atoms with Crippen molar-refractivity contribution in [3.63, 3.8) is 0 Å². The second-order valence-electron chi connectivity index (χ2n) is 5.51. The SMILES string of the molecule is c1ccc(-c2cccc(Cn3cnc(-c4ccsc4)c3)c2)cc1. The Bertz CT molecular complexity index is 892. The molecule has 0 amide bonds. The predicted molar refractivity (Wildman–Crippen MR) is 96.5 cm³/mol. The lowest BCUT2D eigenvalue weighted by Crippen LogP contribution is -1.96. The minimum Gasteiger partial charge on any atom is -0.332 e. The van der Waals surface area contributed by atoms with E-state index >= 15 is 0 Å². The second-order valence-corrected chi connectivity index (χ2v) is 6.29. The fourth-order valence-corrected chi connectivity index (χ4v) is 3.35. The summed E-state index contributed by atoms with van der Waals surface area (Å²) in [5.41, 5.74) is 6.00. The summed E-state index contributed by atoms with van der Waals surface area (Å²) in [6.45, 7) is 0.831. The molecule has 0 N–H and O–H groups in total. The minimum atomic E-state index is 0.831. The van der Waals surface area contributed by atoms with E-state index in [4.69, 9.17) is 0 Å². The number of rotatable bonds is 4. The maximum atomic E-state index is 4.51. The predicted octanol–water partition coefficient (Wildman–Crippen LogP) is 5.33. The van der Waals surface area contributed by atoms with Crippen molar-refractivity contribution in [3.05, 3.63) is 89.5 Å². The molecule has 3 heteroatoms. The Labute approximate surface area is 139 Å². The van der Waals surface area contributed by atoms with E-state index in [0.29, 0.717) is 0 Å². The van der Waals surface area contributed by atoms with Gasteiger partial charge in [-0.3, -0.25) is 0 Å². The monoisotopic (exact) mass is 316 g/mol. The summed E-state index contributed by atoms with van der Waals surface area (Å²) < 4.78 is 2.14. The molecule has 0 aliphatic rings. The molecule has 0 unspecified atom stereocenters. The van der Waals surface area contributed by atoms with E-state index in [9.17, 15) is 0 Å². The average molecular weight is 316 g/mol. The van der Waals surface area contributed by atoms with Gasteiger partial charge in [0.05, 0.1) is 12.0 Å². The van der Waals surface area contributed by atoms with Gasteiger partial charge in [0.2, 0.25) is 0 Å². The maximum Gasteiger partial charge on any atom is 0.0956 e. The van der Waals surface area contributed by atoms with E-state index in [1.54, 1.807) is 11.3 Å². The van der Waals surface area contributed by atoms with Gasteiger partial charge in [-0.2, -0.15) is 11.3 Å². The molecule has 2 heterocycles. The molecule has 0 spiro atoms. The van der Waals surface area contributed by atoms with Gasteiger partial charge in [-0.15, -0.1) is 0 Å². The molecule has 2 aromatic heterocycles. The number of imidazole rings is 1. The van der Waals surface area contributed by atoms with E-state index in [2.05, 4.69) is 81.1 Å². The smallest absolute Gasteiger partial charge is 0.0956 e. The lowest BCUT2D eigenvalue weighted by atomic mass is 10.0. The van der Waals surface area contributed by atoms with Gasteiger partial charge in [0.25, 0.3) is 0 Å². The summed E-state index contributed by atoms with van der Waals surface area (Å²) in [4.78, 5) is 4.51. The highest BCUT2D eigenvalue weighted by Crippen LogP contribution is 2.22. The molecule has 2 aromatic carbocycles. The van der Waals surface area contributed by atoms with Crippen LogP contribution in [0, 0.1) is 0 Å². The zero-order valence-corrected chi connectivity index (χ0v) is 13.4. The Balaban J connectivity index is 1.58. The van der Waals surface area contributed by atoms with Crippen molar-refractivity contribution >= 4 is 11.3 Å². The molecule has 112 valence electrons. The fraction of sp³-hybridized carbons (Fsp3) is 0.0500. The minimum absolute atomic E-state index is 0.831. The molecule has 23 heavy (non-hydrogen) atoms. The Morgan fingerprint density at radius 3 is 2.57 bits per heavy atom. The van der Waals surface area contributed by atoms with Crippen LogP contribution in [-0.4, -0.2) is 9.55 Å². The Morgan fingerprint density at radius 1 is 0.870 bits per heavy atom. The lowest BCUT2D eigenvalue weighted by molar-refractivity contribution is 0.798. The topological polar surface area (TPSA) is 17.8 Å². The van der Waals surface area contributed by atoms with Crippen LogP contribution in [-0.2, 0) is 6.54 Å². The summed E-state index contributed by atoms with van der Waals surface area (Å²) in [6.07, 6.45) is 4.01. The highest BCUT2D eigenvalue weighted by molar-refractivity contribution is 7.08. The molecule has 4 rings (SSSR count). The number of hydrogen-bond acceptors (Lipinski definition) is 2. The average Bonchev–Trinajstić information content (AvgIpc) is 3.27. The number of benzene rings is 2. The van der Waals surface area contributed by atoms with Gasteiger partial charge in [0.15, 0.2) is 0 Å². The van der Waals surface area contributed by atoms with Gasteiger partial charge in [-0.05, 0) is 34.2 Å². The normalized spacial score (nSPS) is 10.8. The lowest BCUT2D eigenvalue weighted by Gasteiger charge is -2.06. The summed E-state index contributed by atoms with van der Waals surface area (Å²) in [6, 6.07) is 21.3. The number of aromatic nitrogens is 2. The quantitative estimate of drug-likeness (QED) is 0.498. The van der Waals surface area contributed by atoms with Crippen LogP contribution in [0.2, 0.25) is 0 Å². The van der Waals surface area contributed by atoms with Gasteiger partial charge in [0, 0.05) is 23.7 Å². The van der Waals surface area contributed by atoms with Crippen LogP contribution < -0.4 is 0 Å². The third kappa shape index (κ3) is 3.10. The van der Waals surface area contributed by atoms with Gasteiger partial charge in [0.1, 0.15) is 0 Å². The van der Waals surface area contributed by atoms with Crippen molar-refractivity contribution in [2.75, 3.05) is 0 Å². The first-order chi connectivity index (χ1) is 11.4. The van der Waals surface area contributed by atoms with E-state index in [1.807, 2.05) is 12.4 Å². The molecular weight excluding hydrogens is 300 g/mol. The first kappa shape index (κ1) is 14.0. The van der Waals surface area contributed by atoms with Crippen LogP contribution in [0.1, 0.15) is 5.56 Å². The number of thiophene rings is 1. The molecule has 4 aromatic rings. The van der Waals surface area contributed by atoms with Crippen molar-refractivity contribution in [3.8, 4) is 22.4 Å². The fourth-order valence-electron chi connectivity index (χ4n) is 2.70. The third-order valence-electron chi connectivity index (χ3n) is 3.85. The van der Waals surface area contributed by atoms with Crippen LogP contribution in [0.3, 0.4) is 0 Å². The summed E-state index contributed by atoms with van der Waals surface area (Å²) in [7, 11) is 0. The van der Waals surface area contributed by atoms with Crippen molar-refractivity contribution < 1.29 is 0 Å². The summed E-state index contributed by atoms with van der Waals surface area (Å²) in [5, 5.41) is 4.21. The highest BCUT2D eigenvalue weighted by atomic mass is 32.1. The third-order valence-corrected chi connectivity index (χ3v) is 4.53. The van der Waals surface area contributed by atoms with Crippen LogP contribution >= 0.6 is 11.3 Å². The number of nitrogens with zero attached hydrogens (tertiary/aromatic N) is 2. The second kappa shape index (κ2) is 6.23. The summed E-state index contributed by atoms with van der Waals surface area (Å²) >= 11 is 1.70. The van der Waals surface area contributed by atoms with Crippen LogP contribution in [0.5, 0.6) is 0 Å². The molecule has 0 atom stereocenters. The Kier molecular flexibility index (Phi) is 3.78. The van der Waals surface area contributed by atoms with Gasteiger partial charge in [-0.1, -0.05) is 48.5 Å². The van der Waals surface area contributed by atoms with Crippen molar-refractivity contribution in [2.24, 2.45) is 0 Å². The first-order valence-electron chi connectivity index (χ1n) is 7.57.